The first-order chi connectivity index (χ1) is 10.1. The van der Waals surface area contributed by atoms with Gasteiger partial charge in [0.1, 0.15) is 5.01 Å². The summed E-state index contributed by atoms with van der Waals surface area (Å²) in [6, 6.07) is 5.32. The second-order valence-corrected chi connectivity index (χ2v) is 5.80. The second-order valence-electron chi connectivity index (χ2n) is 4.91. The van der Waals surface area contributed by atoms with E-state index in [1.165, 1.54) is 0 Å². The summed E-state index contributed by atoms with van der Waals surface area (Å²) in [7, 11) is 0. The van der Waals surface area contributed by atoms with Gasteiger partial charge in [-0.2, -0.15) is 0 Å². The van der Waals surface area contributed by atoms with Crippen LogP contribution < -0.4 is 5.32 Å². The van der Waals surface area contributed by atoms with Gasteiger partial charge in [-0.1, -0.05) is 12.1 Å². The van der Waals surface area contributed by atoms with Crippen molar-refractivity contribution >= 4 is 29.4 Å². The van der Waals surface area contributed by atoms with Crippen LogP contribution in [0.3, 0.4) is 0 Å². The number of aromatic nitrogens is 1. The van der Waals surface area contributed by atoms with Crippen LogP contribution in [-0.2, 0) is 4.74 Å². The molecule has 0 bridgehead atoms. The SMILES string of the molecule is Cc1ccc(-c2csc(C3COCCN3)n2)cc1[N+](=O)[O-].Cl. The van der Waals surface area contributed by atoms with E-state index < -0.39 is 0 Å². The molecule has 1 saturated heterocycles. The van der Waals surface area contributed by atoms with Gasteiger partial charge in [0.05, 0.1) is 29.9 Å². The van der Waals surface area contributed by atoms with E-state index in [0.29, 0.717) is 12.2 Å². The monoisotopic (exact) mass is 341 g/mol. The zero-order valence-electron chi connectivity index (χ0n) is 11.9. The molecule has 0 saturated carbocycles. The number of rotatable bonds is 3. The molecule has 0 spiro atoms. The Balaban J connectivity index is 0.00000176. The van der Waals surface area contributed by atoms with Gasteiger partial charge in [0.25, 0.3) is 5.69 Å². The summed E-state index contributed by atoms with van der Waals surface area (Å²) in [5, 5.41) is 17.3. The van der Waals surface area contributed by atoms with E-state index in [1.54, 1.807) is 30.4 Å². The lowest BCUT2D eigenvalue weighted by Crippen LogP contribution is -2.34. The van der Waals surface area contributed by atoms with Gasteiger partial charge in [-0.25, -0.2) is 4.98 Å². The molecular weight excluding hydrogens is 326 g/mol. The largest absolute Gasteiger partial charge is 0.378 e. The molecule has 2 aromatic rings. The lowest BCUT2D eigenvalue weighted by Gasteiger charge is -2.21. The molecule has 0 radical (unpaired) electrons. The Bertz CT molecular complexity index is 671. The van der Waals surface area contributed by atoms with E-state index in [-0.39, 0.29) is 29.1 Å². The van der Waals surface area contributed by atoms with E-state index in [4.69, 9.17) is 4.74 Å². The number of thiazole rings is 1. The minimum Gasteiger partial charge on any atom is -0.378 e. The molecule has 1 atom stereocenters. The number of nitro groups is 1. The van der Waals surface area contributed by atoms with Gasteiger partial charge in [0.2, 0.25) is 0 Å². The molecule has 0 amide bonds. The quantitative estimate of drug-likeness (QED) is 0.685. The summed E-state index contributed by atoms with van der Waals surface area (Å²) in [6.07, 6.45) is 0. The average molecular weight is 342 g/mol. The first-order valence-electron chi connectivity index (χ1n) is 6.67. The van der Waals surface area contributed by atoms with Crippen LogP contribution in [0.5, 0.6) is 0 Å². The topological polar surface area (TPSA) is 77.3 Å². The van der Waals surface area contributed by atoms with Crippen LogP contribution in [0, 0.1) is 17.0 Å². The van der Waals surface area contributed by atoms with Crippen LogP contribution >= 0.6 is 23.7 Å². The predicted molar refractivity (Wildman–Crippen MR) is 87.8 cm³/mol. The molecule has 6 nitrogen and oxygen atoms in total. The first-order valence-corrected chi connectivity index (χ1v) is 7.55. The van der Waals surface area contributed by atoms with Crippen LogP contribution in [0.25, 0.3) is 11.3 Å². The number of hydrogen-bond acceptors (Lipinski definition) is 6. The van der Waals surface area contributed by atoms with E-state index >= 15 is 0 Å². The van der Waals surface area contributed by atoms with Gasteiger partial charge in [0.15, 0.2) is 0 Å². The minimum atomic E-state index is -0.358. The van der Waals surface area contributed by atoms with Crippen LogP contribution in [0.1, 0.15) is 16.6 Å². The second kappa shape index (κ2) is 7.15. The molecule has 1 aliphatic heterocycles. The zero-order chi connectivity index (χ0) is 14.8. The van der Waals surface area contributed by atoms with Crippen molar-refractivity contribution in [3.63, 3.8) is 0 Å². The molecule has 3 rings (SSSR count). The lowest BCUT2D eigenvalue weighted by atomic mass is 10.1. The number of hydrogen-bond donors (Lipinski definition) is 1. The summed E-state index contributed by atoms with van der Waals surface area (Å²) in [5.74, 6) is 0. The Morgan fingerprint density at radius 3 is 3.00 bits per heavy atom. The Labute approximate surface area is 138 Å². The highest BCUT2D eigenvalue weighted by molar-refractivity contribution is 7.10. The number of nitro benzene ring substituents is 1. The summed E-state index contributed by atoms with van der Waals surface area (Å²) in [5.41, 5.74) is 2.32. The van der Waals surface area contributed by atoms with Crippen LogP contribution in [0.2, 0.25) is 0 Å². The van der Waals surface area contributed by atoms with Gasteiger partial charge in [-0.15, -0.1) is 23.7 Å². The van der Waals surface area contributed by atoms with Gasteiger partial charge >= 0.3 is 0 Å². The highest BCUT2D eigenvalue weighted by Crippen LogP contribution is 2.30. The summed E-state index contributed by atoms with van der Waals surface area (Å²) in [4.78, 5) is 15.2. The highest BCUT2D eigenvalue weighted by atomic mass is 35.5. The normalized spacial score (nSPS) is 17.8. The van der Waals surface area contributed by atoms with Crippen LogP contribution in [0.4, 0.5) is 5.69 Å². The molecule has 1 unspecified atom stereocenters. The molecule has 0 aliphatic carbocycles. The lowest BCUT2D eigenvalue weighted by molar-refractivity contribution is -0.385. The summed E-state index contributed by atoms with van der Waals surface area (Å²) < 4.78 is 5.43. The van der Waals surface area contributed by atoms with Gasteiger partial charge in [-0.05, 0) is 6.92 Å². The summed E-state index contributed by atoms with van der Waals surface area (Å²) in [6.45, 7) is 3.88. The van der Waals surface area contributed by atoms with Crippen molar-refractivity contribution in [2.24, 2.45) is 0 Å². The minimum absolute atomic E-state index is 0. The van der Waals surface area contributed by atoms with Crippen molar-refractivity contribution in [1.29, 1.82) is 0 Å². The first kappa shape index (κ1) is 16.8. The Morgan fingerprint density at radius 1 is 1.50 bits per heavy atom. The number of nitrogens with zero attached hydrogens (tertiary/aromatic N) is 2. The maximum Gasteiger partial charge on any atom is 0.272 e. The molecule has 1 aromatic heterocycles. The molecule has 22 heavy (non-hydrogen) atoms. The van der Waals surface area contributed by atoms with Crippen LogP contribution in [0.15, 0.2) is 23.6 Å². The van der Waals surface area contributed by atoms with Crippen molar-refractivity contribution in [3.8, 4) is 11.3 Å². The molecule has 1 aliphatic rings. The average Bonchev–Trinajstić information content (AvgIpc) is 2.98. The molecule has 1 fully saturated rings. The predicted octanol–water partition coefficient (Wildman–Crippen LogP) is 3.11. The van der Waals surface area contributed by atoms with E-state index in [2.05, 4.69) is 10.3 Å². The number of morpholine rings is 1. The van der Waals surface area contributed by atoms with Gasteiger partial charge < -0.3 is 10.1 Å². The third-order valence-corrected chi connectivity index (χ3v) is 4.40. The molecule has 118 valence electrons. The maximum absolute atomic E-state index is 11.0. The van der Waals surface area contributed by atoms with Crippen LogP contribution in [-0.4, -0.2) is 29.7 Å². The number of benzene rings is 1. The molecule has 1 aromatic carbocycles. The fourth-order valence-corrected chi connectivity index (χ4v) is 3.16. The van der Waals surface area contributed by atoms with Crippen molar-refractivity contribution in [3.05, 3.63) is 44.3 Å². The maximum atomic E-state index is 11.0. The Hall–Kier alpha value is -1.54. The number of aryl methyl sites for hydroxylation is 1. The molecular formula is C14H16ClN3O3S. The highest BCUT2D eigenvalue weighted by Gasteiger charge is 2.20. The van der Waals surface area contributed by atoms with Crippen molar-refractivity contribution in [2.75, 3.05) is 19.8 Å². The molecule has 8 heteroatoms. The standard InChI is InChI=1S/C14H15N3O3S.ClH/c1-9-2-3-10(6-13(9)17(18)19)12-8-21-14(16-12)11-7-20-5-4-15-11;/h2-3,6,8,11,15H,4-5,7H2,1H3;1H. The number of halogens is 1. The smallest absolute Gasteiger partial charge is 0.272 e. The number of nitrogens with one attached hydrogen (secondary N) is 1. The Kier molecular flexibility index (Phi) is 5.47. The molecule has 1 N–H and O–H groups in total. The van der Waals surface area contributed by atoms with E-state index in [1.807, 2.05) is 11.4 Å². The van der Waals surface area contributed by atoms with E-state index in [9.17, 15) is 10.1 Å². The fourth-order valence-electron chi connectivity index (χ4n) is 2.27. The third kappa shape index (κ3) is 3.44. The number of ether oxygens (including phenoxy) is 1. The Morgan fingerprint density at radius 2 is 2.32 bits per heavy atom. The molecule has 2 heterocycles. The third-order valence-electron chi connectivity index (χ3n) is 3.44. The van der Waals surface area contributed by atoms with Crippen molar-refractivity contribution in [1.82, 2.24) is 10.3 Å². The van der Waals surface area contributed by atoms with Crippen molar-refractivity contribution in [2.45, 2.75) is 13.0 Å². The summed E-state index contributed by atoms with van der Waals surface area (Å²) >= 11 is 1.55. The van der Waals surface area contributed by atoms with E-state index in [0.717, 1.165) is 29.4 Å². The van der Waals surface area contributed by atoms with Gasteiger partial charge in [0, 0.05) is 29.1 Å². The van der Waals surface area contributed by atoms with Gasteiger partial charge in [-0.3, -0.25) is 10.1 Å². The van der Waals surface area contributed by atoms with Crippen molar-refractivity contribution < 1.29 is 9.66 Å². The fraction of sp³-hybridized carbons (Fsp3) is 0.357. The zero-order valence-corrected chi connectivity index (χ0v) is 13.6.